The minimum Gasteiger partial charge on any atom is -0.315 e. The molecular formula is C13H23N3O2S2. The van der Waals surface area contributed by atoms with Gasteiger partial charge >= 0.3 is 0 Å². The number of sulfonamides is 1. The largest absolute Gasteiger partial charge is 0.315 e. The van der Waals surface area contributed by atoms with E-state index in [-0.39, 0.29) is 0 Å². The number of thiophene rings is 1. The fourth-order valence-corrected chi connectivity index (χ4v) is 5.21. The van der Waals surface area contributed by atoms with Crippen LogP contribution in [0.25, 0.3) is 0 Å². The third-order valence-electron chi connectivity index (χ3n) is 3.75. The number of nitrogens with one attached hydrogen (secondary N) is 2. The maximum Gasteiger partial charge on any atom is 0.241 e. The van der Waals surface area contributed by atoms with Gasteiger partial charge in [-0.15, -0.1) is 11.3 Å². The fourth-order valence-electron chi connectivity index (χ4n) is 2.68. The molecule has 7 heteroatoms. The van der Waals surface area contributed by atoms with E-state index in [0.29, 0.717) is 24.0 Å². The summed E-state index contributed by atoms with van der Waals surface area (Å²) in [5.41, 5.74) is 0. The normalized spacial score (nSPS) is 20.6. The van der Waals surface area contributed by atoms with Gasteiger partial charge in [-0.25, -0.2) is 13.1 Å². The van der Waals surface area contributed by atoms with Crippen molar-refractivity contribution in [3.05, 3.63) is 16.3 Å². The summed E-state index contributed by atoms with van der Waals surface area (Å²) in [5.74, 6) is 0. The topological polar surface area (TPSA) is 61.4 Å². The van der Waals surface area contributed by atoms with Crippen LogP contribution in [0.1, 0.15) is 24.6 Å². The molecule has 0 aliphatic carbocycles. The highest BCUT2D eigenvalue weighted by molar-refractivity contribution is 7.89. The van der Waals surface area contributed by atoms with E-state index in [1.807, 2.05) is 12.4 Å². The van der Waals surface area contributed by atoms with Crippen LogP contribution in [0.3, 0.4) is 0 Å². The van der Waals surface area contributed by atoms with Crippen LogP contribution < -0.4 is 10.0 Å². The first-order valence-electron chi connectivity index (χ1n) is 7.03. The van der Waals surface area contributed by atoms with E-state index in [1.165, 1.54) is 11.3 Å². The van der Waals surface area contributed by atoms with Crippen molar-refractivity contribution < 1.29 is 8.42 Å². The highest BCUT2D eigenvalue weighted by atomic mass is 32.2. The fraction of sp³-hybridized carbons (Fsp3) is 0.692. The van der Waals surface area contributed by atoms with Crippen molar-refractivity contribution in [3.8, 4) is 0 Å². The van der Waals surface area contributed by atoms with Gasteiger partial charge in [-0.3, -0.25) is 4.90 Å². The maximum absolute atomic E-state index is 12.4. The van der Waals surface area contributed by atoms with Gasteiger partial charge in [0.05, 0.1) is 4.90 Å². The second kappa shape index (κ2) is 7.00. The van der Waals surface area contributed by atoms with Crippen LogP contribution in [0.15, 0.2) is 16.3 Å². The Balaban J connectivity index is 2.02. The van der Waals surface area contributed by atoms with Gasteiger partial charge in [-0.05, 0) is 44.4 Å². The minimum absolute atomic E-state index is 0.334. The molecule has 5 nitrogen and oxygen atoms in total. The van der Waals surface area contributed by atoms with Gasteiger partial charge in [0.25, 0.3) is 0 Å². The summed E-state index contributed by atoms with van der Waals surface area (Å²) >= 11 is 1.47. The Hall–Kier alpha value is -0.470. The molecule has 1 fully saturated rings. The molecule has 2 N–H and O–H groups in total. The first-order valence-corrected chi connectivity index (χ1v) is 9.39. The van der Waals surface area contributed by atoms with Crippen LogP contribution in [-0.4, -0.2) is 46.0 Å². The Labute approximate surface area is 125 Å². The number of likely N-dealkylation sites (N-methyl/N-ethyl adjacent to an activating group) is 1. The van der Waals surface area contributed by atoms with E-state index in [2.05, 4.69) is 21.9 Å². The Kier molecular flexibility index (Phi) is 5.57. The minimum atomic E-state index is -3.40. The van der Waals surface area contributed by atoms with E-state index in [9.17, 15) is 8.42 Å². The lowest BCUT2D eigenvalue weighted by Gasteiger charge is -2.22. The average molecular weight is 317 g/mol. The zero-order valence-electron chi connectivity index (χ0n) is 12.1. The van der Waals surface area contributed by atoms with Crippen molar-refractivity contribution in [3.63, 3.8) is 0 Å². The summed E-state index contributed by atoms with van der Waals surface area (Å²) in [6.45, 7) is 5.27. The number of rotatable bonds is 7. The maximum atomic E-state index is 12.4. The smallest absolute Gasteiger partial charge is 0.241 e. The summed E-state index contributed by atoms with van der Waals surface area (Å²) in [7, 11) is -1.57. The van der Waals surface area contributed by atoms with Crippen LogP contribution in [0.4, 0.5) is 0 Å². The van der Waals surface area contributed by atoms with Gasteiger partial charge in [-0.2, -0.15) is 0 Å². The van der Waals surface area contributed by atoms with Crippen molar-refractivity contribution in [1.82, 2.24) is 14.9 Å². The summed E-state index contributed by atoms with van der Waals surface area (Å²) in [6.07, 6.45) is 2.23. The monoisotopic (exact) mass is 317 g/mol. The second-order valence-corrected chi connectivity index (χ2v) is 7.75. The molecule has 0 saturated carbocycles. The zero-order chi connectivity index (χ0) is 14.6. The lowest BCUT2D eigenvalue weighted by molar-refractivity contribution is 0.268. The van der Waals surface area contributed by atoms with Crippen LogP contribution >= 0.6 is 11.3 Å². The number of likely N-dealkylation sites (tertiary alicyclic amines) is 1. The van der Waals surface area contributed by atoms with Crippen LogP contribution in [0.2, 0.25) is 0 Å². The van der Waals surface area contributed by atoms with E-state index in [4.69, 9.17) is 0 Å². The molecule has 1 atom stereocenters. The third-order valence-corrected chi connectivity index (χ3v) is 6.30. The predicted molar refractivity (Wildman–Crippen MR) is 82.5 cm³/mol. The van der Waals surface area contributed by atoms with Gasteiger partial charge in [-0.1, -0.05) is 6.92 Å². The van der Waals surface area contributed by atoms with Gasteiger partial charge in [0.15, 0.2) is 0 Å². The highest BCUT2D eigenvalue weighted by Crippen LogP contribution is 2.22. The van der Waals surface area contributed by atoms with Crippen molar-refractivity contribution in [2.24, 2.45) is 0 Å². The Bertz CT molecular complexity index is 527. The predicted octanol–water partition coefficient (Wildman–Crippen LogP) is 1.23. The first kappa shape index (κ1) is 15.9. The standard InChI is InChI=1S/C13H23N3O2S2/c1-3-16-7-4-5-11(16)9-15-20(17,18)13-6-8-19-12(13)10-14-2/h6,8,11,14-15H,3-5,7,9-10H2,1-2H3. The summed E-state index contributed by atoms with van der Waals surface area (Å²) < 4.78 is 27.6. The average Bonchev–Trinajstić information content (AvgIpc) is 3.05. The van der Waals surface area contributed by atoms with Crippen molar-refractivity contribution in [2.45, 2.75) is 37.2 Å². The molecule has 0 bridgehead atoms. The molecule has 1 aliphatic heterocycles. The third kappa shape index (κ3) is 3.59. The van der Waals surface area contributed by atoms with Crippen molar-refractivity contribution >= 4 is 21.4 Å². The number of hydrogen-bond acceptors (Lipinski definition) is 5. The second-order valence-electron chi connectivity index (χ2n) is 5.01. The molecule has 20 heavy (non-hydrogen) atoms. The molecule has 1 saturated heterocycles. The quantitative estimate of drug-likeness (QED) is 0.794. The lowest BCUT2D eigenvalue weighted by atomic mass is 10.2. The summed E-state index contributed by atoms with van der Waals surface area (Å²) in [6, 6.07) is 2.02. The Morgan fingerprint density at radius 3 is 3.00 bits per heavy atom. The SMILES string of the molecule is CCN1CCCC1CNS(=O)(=O)c1ccsc1CNC. The molecule has 1 aromatic heterocycles. The lowest BCUT2D eigenvalue weighted by Crippen LogP contribution is -2.40. The van der Waals surface area contributed by atoms with E-state index >= 15 is 0 Å². The molecule has 1 aromatic rings. The molecule has 1 unspecified atom stereocenters. The van der Waals surface area contributed by atoms with E-state index in [0.717, 1.165) is 30.8 Å². The Morgan fingerprint density at radius 2 is 2.30 bits per heavy atom. The van der Waals surface area contributed by atoms with Crippen molar-refractivity contribution in [1.29, 1.82) is 0 Å². The van der Waals surface area contributed by atoms with Gasteiger partial charge in [0.2, 0.25) is 10.0 Å². The molecule has 2 heterocycles. The zero-order valence-corrected chi connectivity index (χ0v) is 13.7. The summed E-state index contributed by atoms with van der Waals surface area (Å²) in [4.78, 5) is 3.61. The van der Waals surface area contributed by atoms with Crippen LogP contribution in [0.5, 0.6) is 0 Å². The number of nitrogens with zero attached hydrogens (tertiary/aromatic N) is 1. The summed E-state index contributed by atoms with van der Waals surface area (Å²) in [5, 5.41) is 4.83. The van der Waals surface area contributed by atoms with E-state index < -0.39 is 10.0 Å². The number of hydrogen-bond donors (Lipinski definition) is 2. The highest BCUT2D eigenvalue weighted by Gasteiger charge is 2.26. The molecule has 2 rings (SSSR count). The van der Waals surface area contributed by atoms with E-state index in [1.54, 1.807) is 6.07 Å². The van der Waals surface area contributed by atoms with Crippen LogP contribution in [-0.2, 0) is 16.6 Å². The molecule has 1 aliphatic rings. The van der Waals surface area contributed by atoms with Gasteiger partial charge in [0.1, 0.15) is 0 Å². The molecular weight excluding hydrogens is 294 g/mol. The van der Waals surface area contributed by atoms with Crippen molar-refractivity contribution in [2.75, 3.05) is 26.7 Å². The molecule has 114 valence electrons. The Morgan fingerprint density at radius 1 is 1.50 bits per heavy atom. The van der Waals surface area contributed by atoms with Gasteiger partial charge in [0, 0.05) is 24.0 Å². The molecule has 0 spiro atoms. The molecule has 0 amide bonds. The molecule has 0 aromatic carbocycles. The van der Waals surface area contributed by atoms with Crippen LogP contribution in [0, 0.1) is 0 Å². The first-order chi connectivity index (χ1) is 9.58. The molecule has 0 radical (unpaired) electrons. The van der Waals surface area contributed by atoms with Gasteiger partial charge < -0.3 is 5.32 Å².